The Balaban J connectivity index is 2.61. The number of hydrogen-bond acceptors (Lipinski definition) is 3. The highest BCUT2D eigenvalue weighted by molar-refractivity contribution is 9.11. The van der Waals surface area contributed by atoms with Gasteiger partial charge in [-0.1, -0.05) is 19.1 Å². The summed E-state index contributed by atoms with van der Waals surface area (Å²) in [5.41, 5.74) is 6.99. The molecule has 0 aliphatic heterocycles. The zero-order valence-corrected chi connectivity index (χ0v) is 12.1. The monoisotopic (exact) mass is 306 g/mol. The first-order valence-electron chi connectivity index (χ1n) is 4.77. The maximum Gasteiger partial charge on any atom is 0.0901 e. The van der Waals surface area contributed by atoms with Crippen molar-refractivity contribution in [1.82, 2.24) is 4.90 Å². The van der Waals surface area contributed by atoms with Crippen molar-refractivity contribution in [2.24, 2.45) is 5.73 Å². The third-order valence-corrected chi connectivity index (χ3v) is 4.13. The maximum absolute atomic E-state index is 5.69. The van der Waals surface area contributed by atoms with Crippen LogP contribution in [-0.4, -0.2) is 23.0 Å². The van der Waals surface area contributed by atoms with Gasteiger partial charge in [-0.2, -0.15) is 0 Å². The fourth-order valence-corrected chi connectivity index (χ4v) is 3.10. The zero-order chi connectivity index (χ0) is 11.4. The summed E-state index contributed by atoms with van der Waals surface area (Å²) in [6.07, 6.45) is 0.955. The maximum atomic E-state index is 5.69. The summed E-state index contributed by atoms with van der Waals surface area (Å²) >= 11 is 10.2. The SMILES string of the molecule is CCC(C(N)=S)N(C)Cc1csc(Br)c1. The number of halogens is 1. The molecule has 0 fully saturated rings. The minimum atomic E-state index is 0.193. The van der Waals surface area contributed by atoms with Gasteiger partial charge in [0, 0.05) is 6.54 Å². The molecular weight excluding hydrogens is 292 g/mol. The molecule has 1 aromatic rings. The third kappa shape index (κ3) is 3.83. The van der Waals surface area contributed by atoms with Crippen LogP contribution < -0.4 is 5.73 Å². The number of hydrogen-bond donors (Lipinski definition) is 1. The lowest BCUT2D eigenvalue weighted by molar-refractivity contribution is 0.284. The van der Waals surface area contributed by atoms with E-state index in [0.29, 0.717) is 4.99 Å². The van der Waals surface area contributed by atoms with E-state index in [-0.39, 0.29) is 6.04 Å². The smallest absolute Gasteiger partial charge is 0.0901 e. The van der Waals surface area contributed by atoms with Gasteiger partial charge in [0.1, 0.15) is 0 Å². The third-order valence-electron chi connectivity index (χ3n) is 2.30. The van der Waals surface area contributed by atoms with Crippen LogP contribution in [0.5, 0.6) is 0 Å². The van der Waals surface area contributed by atoms with Gasteiger partial charge in [-0.25, -0.2) is 0 Å². The highest BCUT2D eigenvalue weighted by Gasteiger charge is 2.15. The molecule has 0 aliphatic carbocycles. The van der Waals surface area contributed by atoms with E-state index in [2.05, 4.69) is 46.2 Å². The Morgan fingerprint density at radius 3 is 2.80 bits per heavy atom. The Bertz CT molecular complexity index is 338. The second kappa shape index (κ2) is 5.94. The minimum absolute atomic E-state index is 0.193. The van der Waals surface area contributed by atoms with Gasteiger partial charge in [0.05, 0.1) is 14.8 Å². The number of likely N-dealkylation sites (N-methyl/N-ethyl adjacent to an activating group) is 1. The lowest BCUT2D eigenvalue weighted by Gasteiger charge is -2.25. The van der Waals surface area contributed by atoms with E-state index in [1.165, 1.54) is 5.56 Å². The van der Waals surface area contributed by atoms with Crippen molar-refractivity contribution in [3.8, 4) is 0 Å². The molecular formula is C10H15BrN2S2. The largest absolute Gasteiger partial charge is 0.392 e. The molecule has 0 aliphatic rings. The molecule has 1 unspecified atom stereocenters. The minimum Gasteiger partial charge on any atom is -0.392 e. The highest BCUT2D eigenvalue weighted by atomic mass is 79.9. The van der Waals surface area contributed by atoms with Crippen molar-refractivity contribution >= 4 is 44.5 Å². The molecule has 0 spiro atoms. The Morgan fingerprint density at radius 1 is 1.73 bits per heavy atom. The topological polar surface area (TPSA) is 29.3 Å². The molecule has 0 saturated carbocycles. The van der Waals surface area contributed by atoms with Crippen molar-refractivity contribution in [3.63, 3.8) is 0 Å². The van der Waals surface area contributed by atoms with Crippen LogP contribution in [-0.2, 0) is 6.54 Å². The zero-order valence-electron chi connectivity index (χ0n) is 8.87. The van der Waals surface area contributed by atoms with E-state index in [1.54, 1.807) is 11.3 Å². The quantitative estimate of drug-likeness (QED) is 0.848. The van der Waals surface area contributed by atoms with Gasteiger partial charge in [0.2, 0.25) is 0 Å². The lowest BCUT2D eigenvalue weighted by atomic mass is 10.2. The first-order chi connectivity index (χ1) is 7.04. The van der Waals surface area contributed by atoms with Crippen molar-refractivity contribution in [3.05, 3.63) is 20.8 Å². The average molecular weight is 307 g/mol. The number of rotatable bonds is 5. The van der Waals surface area contributed by atoms with Gasteiger partial charge in [-0.05, 0) is 46.4 Å². The van der Waals surface area contributed by atoms with Gasteiger partial charge in [-0.15, -0.1) is 11.3 Å². The van der Waals surface area contributed by atoms with Crippen LogP contribution in [0, 0.1) is 0 Å². The lowest BCUT2D eigenvalue weighted by Crippen LogP contribution is -2.40. The van der Waals surface area contributed by atoms with E-state index in [4.69, 9.17) is 18.0 Å². The second-order valence-electron chi connectivity index (χ2n) is 3.50. The van der Waals surface area contributed by atoms with Crippen molar-refractivity contribution in [2.75, 3.05) is 7.05 Å². The normalized spacial score (nSPS) is 13.1. The molecule has 0 aromatic carbocycles. The predicted molar refractivity (Wildman–Crippen MR) is 74.4 cm³/mol. The van der Waals surface area contributed by atoms with Crippen molar-refractivity contribution < 1.29 is 0 Å². The Labute approximate surface area is 109 Å². The van der Waals surface area contributed by atoms with Crippen LogP contribution in [0.25, 0.3) is 0 Å². The Kier molecular flexibility index (Phi) is 5.18. The summed E-state index contributed by atoms with van der Waals surface area (Å²) in [7, 11) is 2.05. The van der Waals surface area contributed by atoms with Crippen molar-refractivity contribution in [2.45, 2.75) is 25.9 Å². The fraction of sp³-hybridized carbons (Fsp3) is 0.500. The van der Waals surface area contributed by atoms with Crippen LogP contribution in [0.15, 0.2) is 15.2 Å². The van der Waals surface area contributed by atoms with Crippen LogP contribution in [0.3, 0.4) is 0 Å². The number of thiocarbonyl (C=S) groups is 1. The van der Waals surface area contributed by atoms with Gasteiger partial charge in [-0.3, -0.25) is 4.90 Å². The molecule has 0 amide bonds. The molecule has 15 heavy (non-hydrogen) atoms. The summed E-state index contributed by atoms with van der Waals surface area (Å²) in [6, 6.07) is 2.33. The van der Waals surface area contributed by atoms with Gasteiger partial charge in [0.15, 0.2) is 0 Å². The van der Waals surface area contributed by atoms with E-state index in [9.17, 15) is 0 Å². The number of thiophene rings is 1. The highest BCUT2D eigenvalue weighted by Crippen LogP contribution is 2.22. The van der Waals surface area contributed by atoms with E-state index in [0.717, 1.165) is 16.8 Å². The molecule has 84 valence electrons. The number of nitrogens with zero attached hydrogens (tertiary/aromatic N) is 1. The summed E-state index contributed by atoms with van der Waals surface area (Å²) in [6.45, 7) is 2.99. The molecule has 1 atom stereocenters. The summed E-state index contributed by atoms with van der Waals surface area (Å²) in [4.78, 5) is 2.77. The summed E-state index contributed by atoms with van der Waals surface area (Å²) in [5.74, 6) is 0. The van der Waals surface area contributed by atoms with Crippen LogP contribution in [0.2, 0.25) is 0 Å². The van der Waals surface area contributed by atoms with Crippen LogP contribution in [0.1, 0.15) is 18.9 Å². The van der Waals surface area contributed by atoms with Crippen LogP contribution >= 0.6 is 39.5 Å². The first kappa shape index (κ1) is 13.1. The molecule has 2 nitrogen and oxygen atoms in total. The molecule has 1 heterocycles. The Morgan fingerprint density at radius 2 is 2.40 bits per heavy atom. The number of nitrogens with two attached hydrogens (primary N) is 1. The van der Waals surface area contributed by atoms with E-state index < -0.39 is 0 Å². The fourth-order valence-electron chi connectivity index (χ4n) is 1.56. The van der Waals surface area contributed by atoms with E-state index in [1.807, 2.05) is 0 Å². The van der Waals surface area contributed by atoms with Gasteiger partial charge >= 0.3 is 0 Å². The standard InChI is InChI=1S/C10H15BrN2S2/c1-3-8(10(12)14)13(2)5-7-4-9(11)15-6-7/h4,6,8H,3,5H2,1-2H3,(H2,12,14). The van der Waals surface area contributed by atoms with Crippen LogP contribution in [0.4, 0.5) is 0 Å². The van der Waals surface area contributed by atoms with Gasteiger partial charge in [0.25, 0.3) is 0 Å². The average Bonchev–Trinajstić information content (AvgIpc) is 2.51. The summed E-state index contributed by atoms with van der Waals surface area (Å²) < 4.78 is 1.16. The van der Waals surface area contributed by atoms with E-state index >= 15 is 0 Å². The molecule has 0 saturated heterocycles. The molecule has 5 heteroatoms. The molecule has 0 bridgehead atoms. The van der Waals surface area contributed by atoms with Gasteiger partial charge < -0.3 is 5.73 Å². The summed E-state index contributed by atoms with van der Waals surface area (Å²) in [5, 5.41) is 2.15. The second-order valence-corrected chi connectivity index (χ2v) is 6.26. The molecule has 0 radical (unpaired) electrons. The molecule has 2 N–H and O–H groups in total. The predicted octanol–water partition coefficient (Wildman–Crippen LogP) is 3.01. The first-order valence-corrected chi connectivity index (χ1v) is 6.85. The van der Waals surface area contributed by atoms with Crippen molar-refractivity contribution in [1.29, 1.82) is 0 Å². The molecule has 1 aromatic heterocycles. The Hall–Kier alpha value is 0.0300. The molecule has 1 rings (SSSR count).